The van der Waals surface area contributed by atoms with Gasteiger partial charge in [0, 0.05) is 19.5 Å². The van der Waals surface area contributed by atoms with Gasteiger partial charge in [-0.15, -0.1) is 0 Å². The van der Waals surface area contributed by atoms with Crippen LogP contribution in [0.4, 0.5) is 5.69 Å². The predicted octanol–water partition coefficient (Wildman–Crippen LogP) is 1.17. The molecule has 0 heterocycles. The van der Waals surface area contributed by atoms with Crippen LogP contribution in [0.15, 0.2) is 29.2 Å². The Hall–Kier alpha value is -1.60. The molecule has 0 aliphatic heterocycles. The van der Waals surface area contributed by atoms with Crippen molar-refractivity contribution in [2.75, 3.05) is 25.5 Å². The maximum atomic E-state index is 11.9. The summed E-state index contributed by atoms with van der Waals surface area (Å²) in [7, 11) is -2.15. The number of hydrogen-bond acceptors (Lipinski definition) is 4. The van der Waals surface area contributed by atoms with Gasteiger partial charge < -0.3 is 10.6 Å². The molecule has 0 radical (unpaired) electrons. The van der Waals surface area contributed by atoms with Crippen molar-refractivity contribution in [1.29, 1.82) is 0 Å². The number of anilines is 1. The largest absolute Gasteiger partial charge is 0.383 e. The maximum Gasteiger partial charge on any atom is 0.242 e. The highest BCUT2D eigenvalue weighted by Gasteiger charge is 2.15. The van der Waals surface area contributed by atoms with Crippen molar-refractivity contribution in [1.82, 2.24) is 10.0 Å². The number of nitrogens with one attached hydrogen (secondary N) is 3. The molecule has 3 N–H and O–H groups in total. The van der Waals surface area contributed by atoms with Gasteiger partial charge in [0.05, 0.1) is 5.69 Å². The average molecular weight is 313 g/mol. The van der Waals surface area contributed by atoms with E-state index in [2.05, 4.69) is 15.4 Å². The van der Waals surface area contributed by atoms with Crippen LogP contribution in [0, 0.1) is 5.92 Å². The zero-order valence-electron chi connectivity index (χ0n) is 12.6. The first-order valence-corrected chi connectivity index (χ1v) is 8.38. The van der Waals surface area contributed by atoms with Crippen LogP contribution in [-0.4, -0.2) is 34.5 Å². The lowest BCUT2D eigenvalue weighted by Crippen LogP contribution is -2.29. The van der Waals surface area contributed by atoms with Gasteiger partial charge >= 0.3 is 0 Å². The van der Waals surface area contributed by atoms with Gasteiger partial charge in [-0.1, -0.05) is 26.0 Å². The highest BCUT2D eigenvalue weighted by Crippen LogP contribution is 2.20. The number of benzene rings is 1. The van der Waals surface area contributed by atoms with Crippen molar-refractivity contribution < 1.29 is 13.2 Å². The maximum absolute atomic E-state index is 11.9. The van der Waals surface area contributed by atoms with Gasteiger partial charge in [-0.2, -0.15) is 0 Å². The molecule has 7 heteroatoms. The Morgan fingerprint density at radius 3 is 2.52 bits per heavy atom. The second-order valence-corrected chi connectivity index (χ2v) is 6.93. The minimum atomic E-state index is -3.51. The highest BCUT2D eigenvalue weighted by atomic mass is 32.2. The first-order valence-electron chi connectivity index (χ1n) is 6.90. The van der Waals surface area contributed by atoms with E-state index >= 15 is 0 Å². The lowest BCUT2D eigenvalue weighted by atomic mass is 10.2. The first kappa shape index (κ1) is 17.5. The van der Waals surface area contributed by atoms with Crippen molar-refractivity contribution in [3.8, 4) is 0 Å². The van der Waals surface area contributed by atoms with Crippen molar-refractivity contribution in [2.24, 2.45) is 5.92 Å². The molecule has 6 nitrogen and oxygen atoms in total. The zero-order chi connectivity index (χ0) is 15.9. The molecule has 0 atom stereocenters. The molecular formula is C14H23N3O3S. The second-order valence-electron chi connectivity index (χ2n) is 5.08. The van der Waals surface area contributed by atoms with E-state index in [1.54, 1.807) is 18.2 Å². The zero-order valence-corrected chi connectivity index (χ0v) is 13.5. The fraction of sp³-hybridized carbons (Fsp3) is 0.500. The topological polar surface area (TPSA) is 87.3 Å². The van der Waals surface area contributed by atoms with Gasteiger partial charge in [0.25, 0.3) is 0 Å². The number of sulfonamides is 1. The number of carbonyl (C=O) groups is 1. The summed E-state index contributed by atoms with van der Waals surface area (Å²) in [6.45, 7) is 5.07. The van der Waals surface area contributed by atoms with Crippen LogP contribution in [0.2, 0.25) is 0 Å². The van der Waals surface area contributed by atoms with Gasteiger partial charge in [0.15, 0.2) is 0 Å². The molecule has 0 bridgehead atoms. The SMILES string of the molecule is CNS(=O)(=O)c1ccccc1NCCC(=O)NCC(C)C. The summed E-state index contributed by atoms with van der Waals surface area (Å²) in [5.74, 6) is 0.355. The van der Waals surface area contributed by atoms with Crippen LogP contribution < -0.4 is 15.4 Å². The number of rotatable bonds is 8. The second kappa shape index (κ2) is 7.99. The number of hydrogen-bond donors (Lipinski definition) is 3. The van der Waals surface area contributed by atoms with Gasteiger partial charge in [-0.25, -0.2) is 13.1 Å². The molecule has 0 fully saturated rings. The van der Waals surface area contributed by atoms with Crippen molar-refractivity contribution in [2.45, 2.75) is 25.2 Å². The van der Waals surface area contributed by atoms with Gasteiger partial charge in [-0.05, 0) is 25.1 Å². The third-order valence-electron chi connectivity index (χ3n) is 2.82. The normalized spacial score (nSPS) is 11.4. The molecule has 1 aromatic carbocycles. The third-order valence-corrected chi connectivity index (χ3v) is 4.29. The Morgan fingerprint density at radius 1 is 1.24 bits per heavy atom. The van der Waals surface area contributed by atoms with E-state index in [-0.39, 0.29) is 10.8 Å². The van der Waals surface area contributed by atoms with Crippen LogP contribution >= 0.6 is 0 Å². The first-order chi connectivity index (χ1) is 9.86. The molecule has 1 aromatic rings. The summed E-state index contributed by atoms with van der Waals surface area (Å²) in [6.07, 6.45) is 0.292. The van der Waals surface area contributed by atoms with Crippen molar-refractivity contribution >= 4 is 21.6 Å². The molecule has 1 amide bonds. The van der Waals surface area contributed by atoms with E-state index in [4.69, 9.17) is 0 Å². The summed E-state index contributed by atoms with van der Waals surface area (Å²) in [5.41, 5.74) is 0.489. The summed E-state index contributed by atoms with van der Waals surface area (Å²) in [4.78, 5) is 11.8. The molecular weight excluding hydrogens is 290 g/mol. The fourth-order valence-electron chi connectivity index (χ4n) is 1.67. The molecule has 21 heavy (non-hydrogen) atoms. The number of amides is 1. The van der Waals surface area contributed by atoms with Gasteiger partial charge in [0.2, 0.25) is 15.9 Å². The Kier molecular flexibility index (Phi) is 6.64. The minimum Gasteiger partial charge on any atom is -0.383 e. The Labute approximate surface area is 126 Å². The Bertz CT molecular complexity index is 571. The molecule has 0 aliphatic carbocycles. The molecule has 0 aromatic heterocycles. The van der Waals surface area contributed by atoms with Crippen molar-refractivity contribution in [3.05, 3.63) is 24.3 Å². The average Bonchev–Trinajstić information content (AvgIpc) is 2.45. The summed E-state index contributed by atoms with van der Waals surface area (Å²) in [6, 6.07) is 6.60. The molecule has 0 unspecified atom stereocenters. The van der Waals surface area contributed by atoms with Gasteiger partial charge in [-0.3, -0.25) is 4.79 Å². The quantitative estimate of drug-likeness (QED) is 0.672. The van der Waals surface area contributed by atoms with Crippen LogP contribution in [0.3, 0.4) is 0 Å². The van der Waals surface area contributed by atoms with E-state index in [0.29, 0.717) is 31.1 Å². The van der Waals surface area contributed by atoms with Gasteiger partial charge in [0.1, 0.15) is 4.90 Å². The van der Waals surface area contributed by atoms with Crippen LogP contribution in [0.1, 0.15) is 20.3 Å². The van der Waals surface area contributed by atoms with E-state index < -0.39 is 10.0 Å². The fourth-order valence-corrected chi connectivity index (χ4v) is 2.58. The third kappa shape index (κ3) is 5.73. The lowest BCUT2D eigenvalue weighted by molar-refractivity contribution is -0.120. The predicted molar refractivity (Wildman–Crippen MR) is 83.6 cm³/mol. The highest BCUT2D eigenvalue weighted by molar-refractivity contribution is 7.89. The Balaban J connectivity index is 2.59. The monoisotopic (exact) mass is 313 g/mol. The number of carbonyl (C=O) groups excluding carboxylic acids is 1. The van der Waals surface area contributed by atoms with Crippen LogP contribution in [0.5, 0.6) is 0 Å². The number of para-hydroxylation sites is 1. The molecule has 0 saturated carbocycles. The molecule has 0 spiro atoms. The van der Waals surface area contributed by atoms with Crippen molar-refractivity contribution in [3.63, 3.8) is 0 Å². The van der Waals surface area contributed by atoms with Crippen LogP contribution in [-0.2, 0) is 14.8 Å². The summed E-state index contributed by atoms with van der Waals surface area (Å²) in [5, 5.41) is 5.81. The van der Waals surface area contributed by atoms with E-state index in [9.17, 15) is 13.2 Å². The molecule has 0 aliphatic rings. The minimum absolute atomic E-state index is 0.0508. The summed E-state index contributed by atoms with van der Waals surface area (Å²) < 4.78 is 26.0. The van der Waals surface area contributed by atoms with Crippen LogP contribution in [0.25, 0.3) is 0 Å². The molecule has 0 saturated heterocycles. The summed E-state index contributed by atoms with van der Waals surface area (Å²) >= 11 is 0. The smallest absolute Gasteiger partial charge is 0.242 e. The van der Waals surface area contributed by atoms with E-state index in [0.717, 1.165) is 0 Å². The molecule has 118 valence electrons. The molecule has 1 rings (SSSR count). The Morgan fingerprint density at radius 2 is 1.90 bits per heavy atom. The van der Waals surface area contributed by atoms with E-state index in [1.165, 1.54) is 13.1 Å². The standard InChI is InChI=1S/C14H23N3O3S/c1-11(2)10-17-14(18)8-9-16-12-6-4-5-7-13(12)21(19,20)15-3/h4-7,11,15-16H,8-10H2,1-3H3,(H,17,18). The van der Waals surface area contributed by atoms with E-state index in [1.807, 2.05) is 13.8 Å². The lowest BCUT2D eigenvalue weighted by Gasteiger charge is -2.12.